The van der Waals surface area contributed by atoms with Crippen LogP contribution in [0.15, 0.2) is 36.4 Å². The topological polar surface area (TPSA) is 92.8 Å². The maximum absolute atomic E-state index is 12.2. The molecule has 0 spiro atoms. The minimum Gasteiger partial charge on any atom is -0.380 e. The minimum atomic E-state index is -0.0326. The number of nitrogens with zero attached hydrogens (tertiary/aromatic N) is 3. The largest absolute Gasteiger partial charge is 0.380 e. The van der Waals surface area contributed by atoms with Gasteiger partial charge in [0.15, 0.2) is 0 Å². The average molecular weight is 599 g/mol. The Hall–Kier alpha value is -3.18. The van der Waals surface area contributed by atoms with E-state index in [0.717, 1.165) is 80.8 Å². The van der Waals surface area contributed by atoms with Crippen molar-refractivity contribution < 1.29 is 28.5 Å². The lowest BCUT2D eigenvalue weighted by atomic mass is 10.1. The molecule has 2 aromatic carbocycles. The fraction of sp³-hybridized carbons (Fsp3) is 0.576. The van der Waals surface area contributed by atoms with Gasteiger partial charge in [-0.25, -0.2) is 0 Å². The summed E-state index contributed by atoms with van der Waals surface area (Å²) in [7, 11) is 5.20. The van der Waals surface area contributed by atoms with Crippen molar-refractivity contribution in [1.82, 2.24) is 0 Å². The Labute approximate surface area is 257 Å². The van der Waals surface area contributed by atoms with Gasteiger partial charge in [0.2, 0.25) is 11.8 Å². The molecule has 0 unspecified atom stereocenters. The monoisotopic (exact) mass is 598 g/mol. The van der Waals surface area contributed by atoms with Crippen molar-refractivity contribution in [2.75, 3.05) is 93.9 Å². The summed E-state index contributed by atoms with van der Waals surface area (Å²) in [5.41, 5.74) is 6.23. The molecule has 1 N–H and O–H groups in total. The standard InChI is InChI=1S/C17H26N2O3.C16H24N2O3/c1-13(2)17(20)18(3)15-5-6-16(14(11-15)12-21-4)19-7-9-22-10-8-19;1-12(2)16(19)17-14-4-5-15(13(10-14)11-20-3)18-6-8-21-9-7-18/h5-6,11,13H,7-10,12H2,1-4H3;4-5,10,12H,6-9,11H2,1-3H3,(H,17,19). The van der Waals surface area contributed by atoms with Crippen LogP contribution in [0.1, 0.15) is 38.8 Å². The first-order valence-electron chi connectivity index (χ1n) is 15.1. The number of morpholine rings is 2. The van der Waals surface area contributed by atoms with Gasteiger partial charge in [-0.1, -0.05) is 27.7 Å². The maximum Gasteiger partial charge on any atom is 0.229 e. The summed E-state index contributed by atoms with van der Waals surface area (Å²) in [5, 5.41) is 2.93. The highest BCUT2D eigenvalue weighted by atomic mass is 16.5. The van der Waals surface area contributed by atoms with Gasteiger partial charge in [0, 0.05) is 93.2 Å². The Morgan fingerprint density at radius 1 is 0.791 bits per heavy atom. The SMILES string of the molecule is COCc1cc(N(C)C(=O)C(C)C)ccc1N1CCOCC1.COCc1cc(NC(=O)C(C)C)ccc1N1CCOCC1. The zero-order chi connectivity index (χ0) is 31.4. The van der Waals surface area contributed by atoms with E-state index in [2.05, 4.69) is 33.3 Å². The lowest BCUT2D eigenvalue weighted by molar-refractivity contribution is -0.121. The van der Waals surface area contributed by atoms with E-state index in [1.165, 1.54) is 5.69 Å². The first kappa shape index (κ1) is 34.3. The van der Waals surface area contributed by atoms with Gasteiger partial charge >= 0.3 is 0 Å². The molecule has 2 aliphatic rings. The Balaban J connectivity index is 0.000000236. The molecule has 238 valence electrons. The molecule has 2 heterocycles. The molecule has 4 rings (SSSR count). The van der Waals surface area contributed by atoms with Crippen molar-refractivity contribution in [3.8, 4) is 0 Å². The van der Waals surface area contributed by atoms with Gasteiger partial charge in [-0.2, -0.15) is 0 Å². The smallest absolute Gasteiger partial charge is 0.229 e. The van der Waals surface area contributed by atoms with Crippen LogP contribution in [0.2, 0.25) is 0 Å². The number of nitrogens with one attached hydrogen (secondary N) is 1. The van der Waals surface area contributed by atoms with E-state index >= 15 is 0 Å². The molecule has 0 radical (unpaired) electrons. The summed E-state index contributed by atoms with van der Waals surface area (Å²) in [5.74, 6) is 0.0876. The third-order valence-corrected chi connectivity index (χ3v) is 7.45. The third-order valence-electron chi connectivity index (χ3n) is 7.45. The van der Waals surface area contributed by atoms with Crippen LogP contribution < -0.4 is 20.0 Å². The van der Waals surface area contributed by atoms with E-state index < -0.39 is 0 Å². The Morgan fingerprint density at radius 3 is 1.74 bits per heavy atom. The molecule has 2 aliphatic heterocycles. The Kier molecular flexibility index (Phi) is 13.7. The predicted molar refractivity (Wildman–Crippen MR) is 172 cm³/mol. The number of carbonyl (C=O) groups excluding carboxylic acids is 2. The molecule has 43 heavy (non-hydrogen) atoms. The molecule has 10 heteroatoms. The van der Waals surface area contributed by atoms with Crippen LogP contribution in [0.25, 0.3) is 0 Å². The summed E-state index contributed by atoms with van der Waals surface area (Å²) in [6.07, 6.45) is 0. The molecular weight excluding hydrogens is 548 g/mol. The van der Waals surface area contributed by atoms with Gasteiger partial charge in [0.1, 0.15) is 0 Å². The fourth-order valence-corrected chi connectivity index (χ4v) is 5.01. The molecule has 2 amide bonds. The molecule has 0 aliphatic carbocycles. The summed E-state index contributed by atoms with van der Waals surface area (Å²) >= 11 is 0. The molecule has 0 bridgehead atoms. The summed E-state index contributed by atoms with van der Waals surface area (Å²) in [6.45, 7) is 15.2. The van der Waals surface area contributed by atoms with Gasteiger partial charge in [-0.05, 0) is 36.4 Å². The average Bonchev–Trinajstić information content (AvgIpc) is 3.02. The minimum absolute atomic E-state index is 0.0187. The number of anilines is 4. The van der Waals surface area contributed by atoms with E-state index in [-0.39, 0.29) is 23.7 Å². The number of rotatable bonds is 10. The van der Waals surface area contributed by atoms with Crippen molar-refractivity contribution in [3.05, 3.63) is 47.5 Å². The van der Waals surface area contributed by atoms with Crippen molar-refractivity contribution in [2.45, 2.75) is 40.9 Å². The fourth-order valence-electron chi connectivity index (χ4n) is 5.01. The lowest BCUT2D eigenvalue weighted by Crippen LogP contribution is -2.37. The van der Waals surface area contributed by atoms with Crippen molar-refractivity contribution in [1.29, 1.82) is 0 Å². The van der Waals surface area contributed by atoms with Crippen LogP contribution in [0.5, 0.6) is 0 Å². The van der Waals surface area contributed by atoms with Crippen molar-refractivity contribution >= 4 is 34.6 Å². The van der Waals surface area contributed by atoms with E-state index in [0.29, 0.717) is 13.2 Å². The number of amides is 2. The molecule has 0 atom stereocenters. The van der Waals surface area contributed by atoms with Gasteiger partial charge in [-0.3, -0.25) is 9.59 Å². The second-order valence-corrected chi connectivity index (χ2v) is 11.4. The zero-order valence-corrected chi connectivity index (χ0v) is 27.0. The number of hydrogen-bond donors (Lipinski definition) is 1. The predicted octanol–water partition coefficient (Wildman–Crippen LogP) is 4.55. The van der Waals surface area contributed by atoms with Crippen molar-refractivity contribution in [3.63, 3.8) is 0 Å². The third kappa shape index (κ3) is 9.92. The molecule has 2 aromatic rings. The first-order valence-corrected chi connectivity index (χ1v) is 15.1. The lowest BCUT2D eigenvalue weighted by Gasteiger charge is -2.31. The van der Waals surface area contributed by atoms with Crippen LogP contribution in [0, 0.1) is 11.8 Å². The van der Waals surface area contributed by atoms with Crippen LogP contribution in [0.4, 0.5) is 22.7 Å². The summed E-state index contributed by atoms with van der Waals surface area (Å²) < 4.78 is 21.4. The first-order chi connectivity index (χ1) is 20.7. The second-order valence-electron chi connectivity index (χ2n) is 11.4. The number of benzene rings is 2. The van der Waals surface area contributed by atoms with E-state index in [1.807, 2.05) is 52.9 Å². The quantitative estimate of drug-likeness (QED) is 0.426. The molecule has 10 nitrogen and oxygen atoms in total. The highest BCUT2D eigenvalue weighted by Gasteiger charge is 2.19. The van der Waals surface area contributed by atoms with E-state index in [4.69, 9.17) is 18.9 Å². The number of hydrogen-bond acceptors (Lipinski definition) is 8. The van der Waals surface area contributed by atoms with Crippen LogP contribution in [-0.2, 0) is 41.8 Å². The second kappa shape index (κ2) is 17.2. The summed E-state index contributed by atoms with van der Waals surface area (Å²) in [6, 6.07) is 12.1. The van der Waals surface area contributed by atoms with Gasteiger partial charge in [0.05, 0.1) is 39.6 Å². The Bertz CT molecular complexity index is 1180. The highest BCUT2D eigenvalue weighted by Crippen LogP contribution is 2.28. The van der Waals surface area contributed by atoms with Crippen LogP contribution in [0.3, 0.4) is 0 Å². The highest BCUT2D eigenvalue weighted by molar-refractivity contribution is 5.94. The molecule has 2 fully saturated rings. The molecule has 2 saturated heterocycles. The van der Waals surface area contributed by atoms with Gasteiger partial charge in [-0.15, -0.1) is 0 Å². The van der Waals surface area contributed by atoms with Crippen LogP contribution in [-0.4, -0.2) is 85.7 Å². The Morgan fingerprint density at radius 2 is 1.28 bits per heavy atom. The normalized spacial score (nSPS) is 15.3. The molecular formula is C33H50N4O6. The number of methoxy groups -OCH3 is 2. The molecule has 0 saturated carbocycles. The molecule has 0 aromatic heterocycles. The summed E-state index contributed by atoms with van der Waals surface area (Å²) in [4.78, 5) is 30.3. The van der Waals surface area contributed by atoms with Crippen molar-refractivity contribution in [2.24, 2.45) is 11.8 Å². The van der Waals surface area contributed by atoms with E-state index in [1.54, 1.807) is 19.1 Å². The zero-order valence-electron chi connectivity index (χ0n) is 27.0. The van der Waals surface area contributed by atoms with E-state index in [9.17, 15) is 9.59 Å². The van der Waals surface area contributed by atoms with Crippen LogP contribution >= 0.6 is 0 Å². The number of ether oxygens (including phenoxy) is 4. The maximum atomic E-state index is 12.2. The van der Waals surface area contributed by atoms with Gasteiger partial charge < -0.3 is 39.0 Å². The van der Waals surface area contributed by atoms with Gasteiger partial charge in [0.25, 0.3) is 0 Å². The number of carbonyl (C=O) groups is 2.